The van der Waals surface area contributed by atoms with Gasteiger partial charge in [0.15, 0.2) is 5.78 Å². The molecular weight excluding hydrogens is 290 g/mol. The molecule has 0 aromatic heterocycles. The van der Waals surface area contributed by atoms with Crippen molar-refractivity contribution in [3.8, 4) is 0 Å². The normalized spacial score (nSPS) is 20.1. The van der Waals surface area contributed by atoms with Crippen LogP contribution in [0.3, 0.4) is 0 Å². The molecule has 1 spiro atoms. The summed E-state index contributed by atoms with van der Waals surface area (Å²) in [6, 6.07) is 7.54. The second-order valence-corrected chi connectivity index (χ2v) is 6.11. The first kappa shape index (κ1) is 15.5. The Morgan fingerprint density at radius 2 is 1.91 bits per heavy atom. The monoisotopic (exact) mass is 313 g/mol. The highest BCUT2D eigenvalue weighted by atomic mass is 16.1. The van der Waals surface area contributed by atoms with Crippen molar-refractivity contribution in [3.63, 3.8) is 0 Å². The highest BCUT2D eigenvalue weighted by Gasteiger charge is 2.43. The van der Waals surface area contributed by atoms with Crippen LogP contribution in [0.1, 0.15) is 55.8 Å². The Morgan fingerprint density at radius 1 is 1.22 bits per heavy atom. The molecule has 0 atom stereocenters. The first-order valence-corrected chi connectivity index (χ1v) is 8.19. The second-order valence-electron chi connectivity index (χ2n) is 6.11. The van der Waals surface area contributed by atoms with Crippen molar-refractivity contribution in [1.29, 1.82) is 0 Å². The number of ketones is 1. The summed E-state index contributed by atoms with van der Waals surface area (Å²) < 4.78 is 0. The number of hydrogen-bond donors (Lipinski definition) is 2. The number of nitrogens with zero attached hydrogens (tertiary/aromatic N) is 3. The van der Waals surface area contributed by atoms with Crippen molar-refractivity contribution >= 4 is 23.4 Å². The van der Waals surface area contributed by atoms with Crippen LogP contribution in [0, 0.1) is 0 Å². The van der Waals surface area contributed by atoms with E-state index in [2.05, 4.69) is 9.98 Å². The summed E-state index contributed by atoms with van der Waals surface area (Å²) in [7, 11) is 0. The van der Waals surface area contributed by atoms with Gasteiger partial charge in [0.25, 0.3) is 0 Å². The van der Waals surface area contributed by atoms with E-state index in [1.165, 1.54) is 6.42 Å². The van der Waals surface area contributed by atoms with Crippen LogP contribution in [0.15, 0.2) is 34.3 Å². The third-order valence-corrected chi connectivity index (χ3v) is 4.62. The van der Waals surface area contributed by atoms with Crippen molar-refractivity contribution in [2.45, 2.75) is 51.1 Å². The summed E-state index contributed by atoms with van der Waals surface area (Å²) >= 11 is 0. The largest absolute Gasteiger partial charge is 0.369 e. The lowest BCUT2D eigenvalue weighted by Crippen LogP contribution is -2.58. The molecule has 1 fully saturated rings. The summed E-state index contributed by atoms with van der Waals surface area (Å²) in [5.41, 5.74) is 13.0. The standard InChI is InChI=1S/C17H23N5O/c1-2-14(23)12-8-4-5-9-13(12)22-16(19)20-15(18)21-17(22)10-6-3-7-11-17/h4-5,8-9H,2-3,6-7,10-11H2,1H3,(H4,18,19,20,21). The fourth-order valence-electron chi connectivity index (χ4n) is 3.56. The number of guanidine groups is 2. The minimum atomic E-state index is -0.516. The van der Waals surface area contributed by atoms with Crippen molar-refractivity contribution in [2.75, 3.05) is 4.90 Å². The maximum Gasteiger partial charge on any atom is 0.220 e. The fraction of sp³-hybridized carbons (Fsp3) is 0.471. The molecule has 0 unspecified atom stereocenters. The number of carbonyl (C=O) groups excluding carboxylic acids is 1. The third-order valence-electron chi connectivity index (χ3n) is 4.62. The number of carbonyl (C=O) groups is 1. The Kier molecular flexibility index (Phi) is 4.07. The molecule has 6 nitrogen and oxygen atoms in total. The minimum Gasteiger partial charge on any atom is -0.369 e. The number of hydrogen-bond acceptors (Lipinski definition) is 6. The molecule has 1 aromatic rings. The lowest BCUT2D eigenvalue weighted by atomic mass is 9.86. The maximum absolute atomic E-state index is 12.4. The molecule has 0 saturated heterocycles. The van der Waals surface area contributed by atoms with Gasteiger partial charge in [-0.3, -0.25) is 9.69 Å². The molecule has 122 valence electrons. The van der Waals surface area contributed by atoms with Crippen LogP contribution in [0.2, 0.25) is 0 Å². The minimum absolute atomic E-state index is 0.0851. The molecule has 4 N–H and O–H groups in total. The van der Waals surface area contributed by atoms with Crippen molar-refractivity contribution < 1.29 is 4.79 Å². The first-order valence-electron chi connectivity index (χ1n) is 8.19. The molecule has 1 aromatic carbocycles. The Labute approximate surface area is 136 Å². The van der Waals surface area contributed by atoms with E-state index in [-0.39, 0.29) is 11.7 Å². The van der Waals surface area contributed by atoms with Gasteiger partial charge in [-0.05, 0) is 37.8 Å². The number of nitrogens with two attached hydrogens (primary N) is 2. The van der Waals surface area contributed by atoms with E-state index >= 15 is 0 Å². The number of aliphatic imine (C=N–C) groups is 2. The number of benzene rings is 1. The number of para-hydroxylation sites is 1. The fourth-order valence-corrected chi connectivity index (χ4v) is 3.56. The lowest BCUT2D eigenvalue weighted by Gasteiger charge is -2.46. The van der Waals surface area contributed by atoms with E-state index in [0.717, 1.165) is 31.4 Å². The predicted molar refractivity (Wildman–Crippen MR) is 92.6 cm³/mol. The average molecular weight is 313 g/mol. The zero-order chi connectivity index (χ0) is 16.4. The van der Waals surface area contributed by atoms with E-state index in [1.807, 2.05) is 36.1 Å². The van der Waals surface area contributed by atoms with Crippen LogP contribution in [0.4, 0.5) is 5.69 Å². The third kappa shape index (κ3) is 2.69. The summed E-state index contributed by atoms with van der Waals surface area (Å²) in [6.07, 6.45) is 5.46. The smallest absolute Gasteiger partial charge is 0.220 e. The summed E-state index contributed by atoms with van der Waals surface area (Å²) in [4.78, 5) is 23.1. The van der Waals surface area contributed by atoms with Crippen LogP contribution in [0.5, 0.6) is 0 Å². The molecule has 1 saturated carbocycles. The topological polar surface area (TPSA) is 97.1 Å². The summed E-state index contributed by atoms with van der Waals surface area (Å²) in [6.45, 7) is 1.86. The second kappa shape index (κ2) is 6.02. The SMILES string of the molecule is CCC(=O)c1ccccc1N1C(N)=NC(N)=NC12CCCCC2. The molecular formula is C17H23N5O. The van der Waals surface area contributed by atoms with E-state index in [0.29, 0.717) is 17.9 Å². The predicted octanol–water partition coefficient (Wildman–Crippen LogP) is 2.39. The van der Waals surface area contributed by atoms with Crippen LogP contribution in [-0.2, 0) is 0 Å². The van der Waals surface area contributed by atoms with Crippen molar-refractivity contribution in [3.05, 3.63) is 29.8 Å². The average Bonchev–Trinajstić information content (AvgIpc) is 2.54. The molecule has 6 heteroatoms. The Bertz CT molecular complexity index is 673. The molecule has 1 heterocycles. The Hall–Kier alpha value is -2.37. The number of anilines is 1. The molecule has 2 aliphatic rings. The summed E-state index contributed by atoms with van der Waals surface area (Å²) in [5.74, 6) is 0.623. The van der Waals surface area contributed by atoms with E-state index < -0.39 is 5.66 Å². The highest BCUT2D eigenvalue weighted by Crippen LogP contribution is 2.40. The lowest BCUT2D eigenvalue weighted by molar-refractivity contribution is 0.0988. The quantitative estimate of drug-likeness (QED) is 0.837. The van der Waals surface area contributed by atoms with Crippen LogP contribution in [0.25, 0.3) is 0 Å². The van der Waals surface area contributed by atoms with Gasteiger partial charge in [0.2, 0.25) is 11.9 Å². The molecule has 0 bridgehead atoms. The van der Waals surface area contributed by atoms with Gasteiger partial charge in [0.05, 0.1) is 5.69 Å². The molecule has 3 rings (SSSR count). The molecule has 1 aliphatic heterocycles. The van der Waals surface area contributed by atoms with Gasteiger partial charge in [-0.2, -0.15) is 4.99 Å². The van der Waals surface area contributed by atoms with E-state index in [9.17, 15) is 4.79 Å². The van der Waals surface area contributed by atoms with Gasteiger partial charge < -0.3 is 11.5 Å². The molecule has 1 aliphatic carbocycles. The van der Waals surface area contributed by atoms with Gasteiger partial charge in [0.1, 0.15) is 5.66 Å². The van der Waals surface area contributed by atoms with Gasteiger partial charge in [-0.15, -0.1) is 0 Å². The number of Topliss-reactive ketones (excluding diaryl/α,β-unsaturated/α-hetero) is 1. The molecule has 0 amide bonds. The van der Waals surface area contributed by atoms with Crippen molar-refractivity contribution in [2.24, 2.45) is 21.5 Å². The van der Waals surface area contributed by atoms with Gasteiger partial charge >= 0.3 is 0 Å². The van der Waals surface area contributed by atoms with Crippen LogP contribution < -0.4 is 16.4 Å². The Morgan fingerprint density at radius 3 is 2.61 bits per heavy atom. The van der Waals surface area contributed by atoms with E-state index in [4.69, 9.17) is 11.5 Å². The summed E-state index contributed by atoms with van der Waals surface area (Å²) in [5, 5.41) is 0. The van der Waals surface area contributed by atoms with Crippen LogP contribution in [-0.4, -0.2) is 23.4 Å². The Balaban J connectivity index is 2.13. The van der Waals surface area contributed by atoms with Crippen molar-refractivity contribution in [1.82, 2.24) is 0 Å². The van der Waals surface area contributed by atoms with Crippen LogP contribution >= 0.6 is 0 Å². The van der Waals surface area contributed by atoms with Gasteiger partial charge in [0, 0.05) is 12.0 Å². The molecule has 0 radical (unpaired) electrons. The number of rotatable bonds is 3. The van der Waals surface area contributed by atoms with E-state index in [1.54, 1.807) is 0 Å². The molecule has 23 heavy (non-hydrogen) atoms. The highest BCUT2D eigenvalue weighted by molar-refractivity contribution is 6.10. The van der Waals surface area contributed by atoms with Gasteiger partial charge in [-0.1, -0.05) is 25.5 Å². The maximum atomic E-state index is 12.4. The zero-order valence-corrected chi connectivity index (χ0v) is 13.5. The first-order chi connectivity index (χ1) is 11.1. The van der Waals surface area contributed by atoms with Gasteiger partial charge in [-0.25, -0.2) is 4.99 Å². The zero-order valence-electron chi connectivity index (χ0n) is 13.5.